The SMILES string of the molecule is c1ccc(-n2c3ccc(-c4cccc(-c5nc6c7c(cccc7n5)-c5ccccc5-6)c4)cc3c3cc(-c4ccc5c(c4)C(c4ccccc4)(c4ccccc4)c4ccccc4-5)ccc32)cc1. The number of fused-ring (bicyclic) bond motifs is 9. The van der Waals surface area contributed by atoms with Gasteiger partial charge in [-0.3, -0.25) is 0 Å². The third kappa shape index (κ3) is 5.26. The van der Waals surface area contributed by atoms with Crippen LogP contribution in [0.3, 0.4) is 0 Å². The number of benzene rings is 10. The van der Waals surface area contributed by atoms with Gasteiger partial charge in [0.25, 0.3) is 0 Å². The number of rotatable bonds is 6. The second-order valence-electron chi connectivity index (χ2n) is 17.6. The molecule has 12 aromatic rings. The van der Waals surface area contributed by atoms with Crippen LogP contribution in [0.2, 0.25) is 0 Å². The van der Waals surface area contributed by atoms with Crippen molar-refractivity contribution in [2.45, 2.75) is 5.41 Å². The average molecular weight is 838 g/mol. The summed E-state index contributed by atoms with van der Waals surface area (Å²) in [6, 6.07) is 86.5. The molecule has 2 heterocycles. The lowest BCUT2D eigenvalue weighted by atomic mass is 9.67. The monoisotopic (exact) mass is 837 g/mol. The molecule has 2 aliphatic carbocycles. The molecule has 0 spiro atoms. The molecule has 0 saturated heterocycles. The van der Waals surface area contributed by atoms with Gasteiger partial charge in [0.05, 0.1) is 27.7 Å². The molecule has 0 aliphatic heterocycles. The summed E-state index contributed by atoms with van der Waals surface area (Å²) in [6.45, 7) is 0. The molecule has 306 valence electrons. The van der Waals surface area contributed by atoms with E-state index in [9.17, 15) is 0 Å². The second-order valence-corrected chi connectivity index (χ2v) is 17.6. The van der Waals surface area contributed by atoms with E-state index in [2.05, 4.69) is 241 Å². The van der Waals surface area contributed by atoms with Gasteiger partial charge < -0.3 is 4.57 Å². The van der Waals surface area contributed by atoms with Crippen molar-refractivity contribution in [2.75, 3.05) is 0 Å². The van der Waals surface area contributed by atoms with Gasteiger partial charge in [-0.1, -0.05) is 182 Å². The Kier molecular flexibility index (Phi) is 7.90. The highest BCUT2D eigenvalue weighted by atomic mass is 15.0. The van der Waals surface area contributed by atoms with Crippen molar-refractivity contribution >= 4 is 32.7 Å². The summed E-state index contributed by atoms with van der Waals surface area (Å²) in [5.74, 6) is 0.737. The second kappa shape index (κ2) is 14.2. The van der Waals surface area contributed by atoms with Crippen molar-refractivity contribution in [3.05, 3.63) is 259 Å². The molecule has 10 aromatic carbocycles. The van der Waals surface area contributed by atoms with Crippen LogP contribution in [0.15, 0.2) is 237 Å². The zero-order chi connectivity index (χ0) is 43.3. The van der Waals surface area contributed by atoms with Crippen LogP contribution in [-0.4, -0.2) is 14.5 Å². The van der Waals surface area contributed by atoms with E-state index in [-0.39, 0.29) is 0 Å². The van der Waals surface area contributed by atoms with Crippen molar-refractivity contribution in [3.8, 4) is 72.8 Å². The van der Waals surface area contributed by atoms with E-state index in [0.29, 0.717) is 0 Å². The lowest BCUT2D eigenvalue weighted by molar-refractivity contribution is 0.769. The molecule has 0 radical (unpaired) electrons. The molecule has 66 heavy (non-hydrogen) atoms. The van der Waals surface area contributed by atoms with Gasteiger partial charge in [0, 0.05) is 33.0 Å². The Balaban J connectivity index is 0.936. The van der Waals surface area contributed by atoms with Gasteiger partial charge in [0.2, 0.25) is 0 Å². The summed E-state index contributed by atoms with van der Waals surface area (Å²) < 4.78 is 2.40. The van der Waals surface area contributed by atoms with Gasteiger partial charge in [-0.2, -0.15) is 0 Å². The Labute approximate surface area is 382 Å². The first-order valence-electron chi connectivity index (χ1n) is 22.7. The molecular formula is C63H39N3. The van der Waals surface area contributed by atoms with Crippen LogP contribution in [-0.2, 0) is 5.41 Å². The van der Waals surface area contributed by atoms with E-state index in [4.69, 9.17) is 9.97 Å². The van der Waals surface area contributed by atoms with E-state index in [1.807, 2.05) is 0 Å². The Bertz CT molecular complexity index is 3880. The number of hydrogen-bond donors (Lipinski definition) is 0. The Morgan fingerprint density at radius 1 is 0.333 bits per heavy atom. The molecule has 2 aliphatic rings. The summed E-state index contributed by atoms with van der Waals surface area (Å²) in [4.78, 5) is 10.4. The summed E-state index contributed by atoms with van der Waals surface area (Å²) in [5, 5.41) is 3.55. The van der Waals surface area contributed by atoms with Gasteiger partial charge in [-0.25, -0.2) is 9.97 Å². The molecular weight excluding hydrogens is 799 g/mol. The molecule has 0 bridgehead atoms. The molecule has 14 rings (SSSR count). The largest absolute Gasteiger partial charge is 0.309 e. The minimum Gasteiger partial charge on any atom is -0.309 e. The first-order chi connectivity index (χ1) is 32.7. The highest BCUT2D eigenvalue weighted by Gasteiger charge is 2.46. The molecule has 0 atom stereocenters. The van der Waals surface area contributed by atoms with Crippen LogP contribution in [0.1, 0.15) is 22.3 Å². The van der Waals surface area contributed by atoms with Crippen molar-refractivity contribution in [1.29, 1.82) is 0 Å². The maximum Gasteiger partial charge on any atom is 0.160 e. The van der Waals surface area contributed by atoms with Crippen LogP contribution >= 0.6 is 0 Å². The fraction of sp³-hybridized carbons (Fsp3) is 0.0159. The van der Waals surface area contributed by atoms with E-state index in [1.165, 1.54) is 83.0 Å². The predicted molar refractivity (Wildman–Crippen MR) is 272 cm³/mol. The zero-order valence-corrected chi connectivity index (χ0v) is 35.9. The molecule has 2 aromatic heterocycles. The topological polar surface area (TPSA) is 30.7 Å². The third-order valence-corrected chi connectivity index (χ3v) is 14.2. The van der Waals surface area contributed by atoms with Gasteiger partial charge in [0.1, 0.15) is 0 Å². The molecule has 0 fully saturated rings. The van der Waals surface area contributed by atoms with Crippen LogP contribution in [0, 0.1) is 0 Å². The maximum absolute atomic E-state index is 5.25. The van der Waals surface area contributed by atoms with Crippen LogP contribution in [0.5, 0.6) is 0 Å². The van der Waals surface area contributed by atoms with Crippen LogP contribution < -0.4 is 0 Å². The smallest absolute Gasteiger partial charge is 0.160 e. The molecule has 3 heteroatoms. The minimum absolute atomic E-state index is 0.468. The highest BCUT2D eigenvalue weighted by molar-refractivity contribution is 6.14. The maximum atomic E-state index is 5.25. The lowest BCUT2D eigenvalue weighted by Gasteiger charge is -2.34. The van der Waals surface area contributed by atoms with Gasteiger partial charge >= 0.3 is 0 Å². The van der Waals surface area contributed by atoms with Crippen LogP contribution in [0.25, 0.3) is 106 Å². The fourth-order valence-corrected chi connectivity index (χ4v) is 11.4. The summed E-state index contributed by atoms with van der Waals surface area (Å²) in [5.41, 5.74) is 21.9. The Hall–Kier alpha value is -8.66. The normalized spacial score (nSPS) is 13.0. The molecule has 3 nitrogen and oxygen atoms in total. The molecule has 0 saturated carbocycles. The van der Waals surface area contributed by atoms with Crippen molar-refractivity contribution in [2.24, 2.45) is 0 Å². The Morgan fingerprint density at radius 3 is 1.58 bits per heavy atom. The Morgan fingerprint density at radius 2 is 0.864 bits per heavy atom. The first-order valence-corrected chi connectivity index (χ1v) is 22.7. The standard InChI is InChI=1S/C63H39N3/c1-4-18-45(19-5-1)63(46-20-6-2-7-21-46)55-28-13-12-25-49(55)50-33-30-43(39-56(50)63)42-32-35-59-54(38-42)53-37-41(31-34-58(53)66(59)47-22-8-3-9-23-47)40-16-14-17-44(36-40)62-64-57-29-15-27-51-48-24-10-11-26-52(48)61(65-62)60(51)57/h1-39H. The number of aromatic nitrogens is 3. The van der Waals surface area contributed by atoms with Gasteiger partial charge in [0.15, 0.2) is 5.82 Å². The first kappa shape index (κ1) is 36.8. The van der Waals surface area contributed by atoms with Crippen molar-refractivity contribution in [1.82, 2.24) is 14.5 Å². The molecule has 0 N–H and O–H groups in total. The van der Waals surface area contributed by atoms with Crippen LogP contribution in [0.4, 0.5) is 0 Å². The number of hydrogen-bond acceptors (Lipinski definition) is 2. The van der Waals surface area contributed by atoms with Gasteiger partial charge in [-0.15, -0.1) is 0 Å². The van der Waals surface area contributed by atoms with Crippen molar-refractivity contribution < 1.29 is 0 Å². The quantitative estimate of drug-likeness (QED) is 0.167. The number of nitrogens with zero attached hydrogens (tertiary/aromatic N) is 3. The lowest BCUT2D eigenvalue weighted by Crippen LogP contribution is -2.28. The average Bonchev–Trinajstić information content (AvgIpc) is 4.01. The highest BCUT2D eigenvalue weighted by Crippen LogP contribution is 2.57. The fourth-order valence-electron chi connectivity index (χ4n) is 11.4. The molecule has 0 unspecified atom stereocenters. The minimum atomic E-state index is -0.468. The van der Waals surface area contributed by atoms with Crippen molar-refractivity contribution in [3.63, 3.8) is 0 Å². The third-order valence-electron chi connectivity index (χ3n) is 14.2. The number of para-hydroxylation sites is 1. The summed E-state index contributed by atoms with van der Waals surface area (Å²) in [7, 11) is 0. The summed E-state index contributed by atoms with van der Waals surface area (Å²) >= 11 is 0. The van der Waals surface area contributed by atoms with Gasteiger partial charge in [-0.05, 0) is 121 Å². The van der Waals surface area contributed by atoms with E-state index in [0.717, 1.165) is 44.8 Å². The van der Waals surface area contributed by atoms with E-state index < -0.39 is 5.41 Å². The zero-order valence-electron chi connectivity index (χ0n) is 35.9. The predicted octanol–water partition coefficient (Wildman–Crippen LogP) is 15.7. The van der Waals surface area contributed by atoms with E-state index in [1.54, 1.807) is 0 Å². The molecule has 0 amide bonds. The van der Waals surface area contributed by atoms with E-state index >= 15 is 0 Å². The summed E-state index contributed by atoms with van der Waals surface area (Å²) in [6.07, 6.45) is 0.